The maximum atomic E-state index is 12.8. The van der Waals surface area contributed by atoms with E-state index in [1.54, 1.807) is 33.8 Å². The van der Waals surface area contributed by atoms with E-state index in [2.05, 4.69) is 5.10 Å². The smallest absolute Gasteiger partial charge is 0.237 e. The van der Waals surface area contributed by atoms with Gasteiger partial charge in [0.1, 0.15) is 11.6 Å². The van der Waals surface area contributed by atoms with Gasteiger partial charge in [0.05, 0.1) is 27.0 Å². The monoisotopic (exact) mass is 426 g/mol. The number of nitrogens with zero attached hydrogens (tertiary/aromatic N) is 4. The first-order valence-electron chi connectivity index (χ1n) is 8.11. The zero-order valence-electron chi connectivity index (χ0n) is 15.1. The summed E-state index contributed by atoms with van der Waals surface area (Å²) >= 11 is 18.4. The molecular formula is C18H17Cl3N4O2. The van der Waals surface area contributed by atoms with Gasteiger partial charge in [-0.15, -0.1) is 0 Å². The van der Waals surface area contributed by atoms with Crippen LogP contribution in [-0.4, -0.2) is 21.6 Å². The Balaban J connectivity index is 2.81. The third kappa shape index (κ3) is 3.96. The number of nitriles is 1. The topological polar surface area (TPSA) is 79.0 Å². The van der Waals surface area contributed by atoms with Gasteiger partial charge in [-0.05, 0) is 12.1 Å². The van der Waals surface area contributed by atoms with Crippen LogP contribution in [0.1, 0.15) is 33.3 Å². The van der Waals surface area contributed by atoms with Gasteiger partial charge >= 0.3 is 0 Å². The lowest BCUT2D eigenvalue weighted by atomic mass is 10.1. The van der Waals surface area contributed by atoms with E-state index in [0.717, 1.165) is 4.90 Å². The number of aromatic nitrogens is 2. The Morgan fingerprint density at radius 1 is 1.07 bits per heavy atom. The molecule has 2 aromatic rings. The number of halogens is 3. The number of carbonyl (C=O) groups excluding carboxylic acids is 2. The molecule has 0 aliphatic rings. The number of amides is 2. The highest BCUT2D eigenvalue weighted by molar-refractivity contribution is 6.48. The van der Waals surface area contributed by atoms with Crippen molar-refractivity contribution in [2.75, 3.05) is 4.90 Å². The first-order chi connectivity index (χ1) is 12.6. The van der Waals surface area contributed by atoms with E-state index in [1.807, 2.05) is 6.07 Å². The summed E-state index contributed by atoms with van der Waals surface area (Å²) in [6, 6.07) is 5.03. The Hall–Kier alpha value is -2.07. The third-order valence-electron chi connectivity index (χ3n) is 3.75. The van der Waals surface area contributed by atoms with E-state index in [-0.39, 0.29) is 26.4 Å². The van der Waals surface area contributed by atoms with Crippen molar-refractivity contribution >= 4 is 52.4 Å². The van der Waals surface area contributed by atoms with Crippen LogP contribution in [0.2, 0.25) is 15.1 Å². The second-order valence-electron chi connectivity index (χ2n) is 6.42. The van der Waals surface area contributed by atoms with Gasteiger partial charge in [-0.1, -0.05) is 62.5 Å². The zero-order valence-corrected chi connectivity index (χ0v) is 17.4. The van der Waals surface area contributed by atoms with E-state index in [0.29, 0.717) is 5.69 Å². The van der Waals surface area contributed by atoms with Crippen molar-refractivity contribution in [2.45, 2.75) is 27.7 Å². The molecule has 0 fully saturated rings. The van der Waals surface area contributed by atoms with Crippen LogP contribution >= 0.6 is 34.8 Å². The minimum Gasteiger partial charge on any atom is -0.274 e. The van der Waals surface area contributed by atoms with Gasteiger partial charge in [0.25, 0.3) is 0 Å². The van der Waals surface area contributed by atoms with Crippen molar-refractivity contribution in [2.24, 2.45) is 11.8 Å². The van der Waals surface area contributed by atoms with Crippen LogP contribution in [0.4, 0.5) is 5.82 Å². The van der Waals surface area contributed by atoms with Crippen molar-refractivity contribution < 1.29 is 9.59 Å². The molecule has 0 N–H and O–H groups in total. The number of carbonyl (C=O) groups is 2. The molecule has 0 unspecified atom stereocenters. The van der Waals surface area contributed by atoms with Crippen LogP contribution in [0.25, 0.3) is 5.69 Å². The fraction of sp³-hybridized carbons (Fsp3) is 0.333. The van der Waals surface area contributed by atoms with Crippen LogP contribution < -0.4 is 4.90 Å². The highest BCUT2D eigenvalue weighted by Gasteiger charge is 2.33. The van der Waals surface area contributed by atoms with Crippen LogP contribution in [0.3, 0.4) is 0 Å². The van der Waals surface area contributed by atoms with E-state index in [4.69, 9.17) is 34.8 Å². The molecule has 0 radical (unpaired) electrons. The van der Waals surface area contributed by atoms with Crippen molar-refractivity contribution in [3.63, 3.8) is 0 Å². The van der Waals surface area contributed by atoms with Gasteiger partial charge in [0.2, 0.25) is 11.8 Å². The number of rotatable bonds is 4. The molecule has 1 aromatic carbocycles. The fourth-order valence-corrected chi connectivity index (χ4v) is 2.94. The van der Waals surface area contributed by atoms with Gasteiger partial charge in [-0.3, -0.25) is 9.59 Å². The molecule has 1 aromatic heterocycles. The maximum Gasteiger partial charge on any atom is 0.237 e. The Kier molecular flexibility index (Phi) is 6.53. The Morgan fingerprint density at radius 3 is 2.11 bits per heavy atom. The predicted octanol–water partition coefficient (Wildman–Crippen LogP) is 4.88. The maximum absolute atomic E-state index is 12.8. The SMILES string of the molecule is CC(C)C(=O)N(C(=O)C(C)C)c1c(C#N)cnn1-c1ccc(Cl)c(Cl)c1Cl. The summed E-state index contributed by atoms with van der Waals surface area (Å²) in [5.41, 5.74) is 0.348. The molecule has 0 aliphatic carbocycles. The molecule has 9 heteroatoms. The molecule has 27 heavy (non-hydrogen) atoms. The molecule has 0 saturated carbocycles. The quantitative estimate of drug-likeness (QED) is 0.652. The molecule has 0 spiro atoms. The summed E-state index contributed by atoms with van der Waals surface area (Å²) in [6.45, 7) is 6.67. The van der Waals surface area contributed by atoms with Crippen molar-refractivity contribution in [3.05, 3.63) is 39.0 Å². The largest absolute Gasteiger partial charge is 0.274 e. The Bertz CT molecular complexity index is 925. The Labute approximate surface area is 172 Å². The molecule has 142 valence electrons. The second-order valence-corrected chi connectivity index (χ2v) is 7.58. The molecule has 6 nitrogen and oxygen atoms in total. The molecule has 2 amide bonds. The molecule has 0 aliphatic heterocycles. The summed E-state index contributed by atoms with van der Waals surface area (Å²) in [5, 5.41) is 14.1. The van der Waals surface area contributed by atoms with Gasteiger partial charge < -0.3 is 0 Å². The van der Waals surface area contributed by atoms with Gasteiger partial charge in [0.15, 0.2) is 5.82 Å². The van der Waals surface area contributed by atoms with E-state index >= 15 is 0 Å². The summed E-state index contributed by atoms with van der Waals surface area (Å²) in [7, 11) is 0. The molecule has 1 heterocycles. The minimum absolute atomic E-state index is 0.0233. The van der Waals surface area contributed by atoms with E-state index in [9.17, 15) is 14.9 Å². The number of hydrogen-bond donors (Lipinski definition) is 0. The standard InChI is InChI=1S/C18H17Cl3N4O2/c1-9(2)17(26)24(18(27)10(3)4)16-11(7-22)8-23-25(16)13-6-5-12(19)14(20)15(13)21/h5-6,8-10H,1-4H3. The summed E-state index contributed by atoms with van der Waals surface area (Å²) in [6.07, 6.45) is 1.27. The molecule has 0 atom stereocenters. The summed E-state index contributed by atoms with van der Waals surface area (Å²) < 4.78 is 1.25. The van der Waals surface area contributed by atoms with Gasteiger partial charge in [-0.2, -0.15) is 10.4 Å². The minimum atomic E-state index is -0.480. The molecule has 2 rings (SSSR count). The van der Waals surface area contributed by atoms with Crippen molar-refractivity contribution in [1.82, 2.24) is 9.78 Å². The average molecular weight is 428 g/mol. The highest BCUT2D eigenvalue weighted by atomic mass is 35.5. The van der Waals surface area contributed by atoms with Gasteiger partial charge in [-0.25, -0.2) is 9.58 Å². The lowest BCUT2D eigenvalue weighted by Crippen LogP contribution is -2.43. The highest BCUT2D eigenvalue weighted by Crippen LogP contribution is 2.37. The summed E-state index contributed by atoms with van der Waals surface area (Å²) in [4.78, 5) is 26.6. The van der Waals surface area contributed by atoms with E-state index in [1.165, 1.54) is 16.9 Å². The number of imide groups is 1. The van der Waals surface area contributed by atoms with Crippen molar-refractivity contribution in [1.29, 1.82) is 5.26 Å². The van der Waals surface area contributed by atoms with Crippen LogP contribution in [0, 0.1) is 23.2 Å². The van der Waals surface area contributed by atoms with Crippen molar-refractivity contribution in [3.8, 4) is 11.8 Å². The van der Waals surface area contributed by atoms with Crippen LogP contribution in [0.15, 0.2) is 18.3 Å². The molecular weight excluding hydrogens is 411 g/mol. The zero-order chi connectivity index (χ0) is 20.5. The van der Waals surface area contributed by atoms with E-state index < -0.39 is 23.7 Å². The summed E-state index contributed by atoms with van der Waals surface area (Å²) in [5.74, 6) is -1.85. The molecule has 0 saturated heterocycles. The first kappa shape index (κ1) is 21.2. The predicted molar refractivity (Wildman–Crippen MR) is 105 cm³/mol. The van der Waals surface area contributed by atoms with Gasteiger partial charge in [0, 0.05) is 11.8 Å². The second kappa shape index (κ2) is 8.30. The van der Waals surface area contributed by atoms with Crippen LogP contribution in [-0.2, 0) is 9.59 Å². The third-order valence-corrected chi connectivity index (χ3v) is 5.03. The first-order valence-corrected chi connectivity index (χ1v) is 9.25. The fourth-order valence-electron chi connectivity index (χ4n) is 2.33. The average Bonchev–Trinajstić information content (AvgIpc) is 3.03. The normalized spacial score (nSPS) is 11.0. The number of benzene rings is 1. The lowest BCUT2D eigenvalue weighted by Gasteiger charge is -2.25. The Morgan fingerprint density at radius 2 is 1.63 bits per heavy atom. The lowest BCUT2D eigenvalue weighted by molar-refractivity contribution is -0.129. The van der Waals surface area contributed by atoms with Crippen LogP contribution in [0.5, 0.6) is 0 Å². The number of hydrogen-bond acceptors (Lipinski definition) is 4. The molecule has 0 bridgehead atoms. The number of anilines is 1.